The number of allylic oxidation sites excluding steroid dienone is 4. The van der Waals surface area contributed by atoms with Crippen molar-refractivity contribution in [1.82, 2.24) is 0 Å². The third kappa shape index (κ3) is 56.4. The van der Waals surface area contributed by atoms with E-state index >= 15 is 0 Å². The first-order chi connectivity index (χ1) is 38.9. The number of esters is 4. The highest BCUT2D eigenvalue weighted by molar-refractivity contribution is 7.47. The molecule has 0 radical (unpaired) electrons. The number of phosphoric ester groups is 2. The van der Waals surface area contributed by atoms with Crippen LogP contribution in [0.25, 0.3) is 0 Å². The van der Waals surface area contributed by atoms with Crippen molar-refractivity contribution in [3.8, 4) is 0 Å². The van der Waals surface area contributed by atoms with E-state index in [1.54, 1.807) is 0 Å². The quantitative estimate of drug-likeness (QED) is 0.0169. The first kappa shape index (κ1) is 78.5. The Bertz CT molecular complexity index is 1690. The molecule has 0 aromatic heterocycles. The molecule has 0 amide bonds. The summed E-state index contributed by atoms with van der Waals surface area (Å²) in [7, 11) is -9.89. The summed E-state index contributed by atoms with van der Waals surface area (Å²) in [5.41, 5.74) is 0. The van der Waals surface area contributed by atoms with Crippen LogP contribution in [0.15, 0.2) is 24.3 Å². The van der Waals surface area contributed by atoms with E-state index in [0.717, 1.165) is 116 Å². The van der Waals surface area contributed by atoms with Gasteiger partial charge >= 0.3 is 39.5 Å². The molecule has 0 aliphatic carbocycles. The maximum absolute atomic E-state index is 12.9. The second-order valence-electron chi connectivity index (χ2n) is 22.7. The molecular formula is C62H116O17P2. The zero-order valence-electron chi connectivity index (χ0n) is 51.6. The van der Waals surface area contributed by atoms with Crippen molar-refractivity contribution in [2.24, 2.45) is 11.8 Å². The lowest BCUT2D eigenvalue weighted by Crippen LogP contribution is -2.30. The number of rotatable bonds is 59. The predicted molar refractivity (Wildman–Crippen MR) is 321 cm³/mol. The van der Waals surface area contributed by atoms with Gasteiger partial charge in [-0.3, -0.25) is 37.3 Å². The highest BCUT2D eigenvalue weighted by Crippen LogP contribution is 2.45. The lowest BCUT2D eigenvalue weighted by molar-refractivity contribution is -0.161. The number of unbranched alkanes of at least 4 members (excludes halogenated alkanes) is 26. The molecule has 0 aliphatic heterocycles. The number of ether oxygens (including phenoxy) is 4. The number of aliphatic hydroxyl groups excluding tert-OH is 1. The topological polar surface area (TPSA) is 237 Å². The van der Waals surface area contributed by atoms with E-state index in [0.29, 0.717) is 37.5 Å². The molecule has 0 aliphatic rings. The Hall–Kier alpha value is -2.46. The maximum Gasteiger partial charge on any atom is 0.472 e. The van der Waals surface area contributed by atoms with Crippen LogP contribution in [-0.2, 0) is 65.4 Å². The number of hydrogen-bond acceptors (Lipinski definition) is 15. The third-order valence-corrected chi connectivity index (χ3v) is 15.5. The molecule has 0 bridgehead atoms. The number of carbonyl (C=O) groups excluding carboxylic acids is 4. The van der Waals surface area contributed by atoms with Gasteiger partial charge in [0.15, 0.2) is 12.2 Å². The fourth-order valence-corrected chi connectivity index (χ4v) is 10.2. The third-order valence-electron chi connectivity index (χ3n) is 13.6. The summed E-state index contributed by atoms with van der Waals surface area (Å²) in [5, 5.41) is 10.5. The van der Waals surface area contributed by atoms with Gasteiger partial charge in [-0.1, -0.05) is 226 Å². The van der Waals surface area contributed by atoms with Gasteiger partial charge in [0.1, 0.15) is 19.3 Å². The van der Waals surface area contributed by atoms with Gasteiger partial charge in [-0.25, -0.2) is 9.13 Å². The van der Waals surface area contributed by atoms with Gasteiger partial charge in [-0.05, 0) is 63.2 Å². The highest BCUT2D eigenvalue weighted by Gasteiger charge is 2.30. The minimum atomic E-state index is -4.95. The van der Waals surface area contributed by atoms with Crippen molar-refractivity contribution < 1.29 is 80.2 Å². The van der Waals surface area contributed by atoms with Crippen LogP contribution in [0.1, 0.15) is 279 Å². The zero-order chi connectivity index (χ0) is 60.1. The van der Waals surface area contributed by atoms with Gasteiger partial charge in [0, 0.05) is 25.7 Å². The van der Waals surface area contributed by atoms with E-state index in [1.165, 1.54) is 70.6 Å². The molecule has 0 aromatic rings. The second-order valence-corrected chi connectivity index (χ2v) is 25.6. The Morgan fingerprint density at radius 2 is 0.667 bits per heavy atom. The molecule has 0 saturated heterocycles. The van der Waals surface area contributed by atoms with E-state index < -0.39 is 97.5 Å². The molecule has 476 valence electrons. The molecule has 19 heteroatoms. The van der Waals surface area contributed by atoms with Gasteiger partial charge in [0.2, 0.25) is 0 Å². The SMILES string of the molecule is CCCCCC/C=C\C=C/CCCCCCCC(=O)O[C@H](COC(=O)CCCCCCCCC(C)C)COP(=O)(O)OC[C@@H](O)COP(=O)(O)OC[C@@H](COC(=O)CCCCCCCCCC)OC(=O)CCCCCCCCC(C)C. The Labute approximate surface area is 491 Å². The van der Waals surface area contributed by atoms with Gasteiger partial charge in [-0.15, -0.1) is 0 Å². The van der Waals surface area contributed by atoms with Crippen LogP contribution >= 0.6 is 15.6 Å². The molecule has 3 N–H and O–H groups in total. The molecule has 0 saturated carbocycles. The highest BCUT2D eigenvalue weighted by atomic mass is 31.2. The molecule has 5 atom stereocenters. The smallest absolute Gasteiger partial charge is 0.462 e. The van der Waals surface area contributed by atoms with Crippen molar-refractivity contribution in [3.05, 3.63) is 24.3 Å². The summed E-state index contributed by atoms with van der Waals surface area (Å²) < 4.78 is 67.7. The van der Waals surface area contributed by atoms with Crippen LogP contribution in [0.3, 0.4) is 0 Å². The lowest BCUT2D eigenvalue weighted by Gasteiger charge is -2.21. The zero-order valence-corrected chi connectivity index (χ0v) is 53.3. The standard InChI is InChI=1S/C62H116O17P2/c1-7-9-11-13-15-17-18-19-20-21-22-23-25-34-40-46-61(66)78-57(51-73-60(65)45-39-33-28-26-30-36-42-54(3)4)52-76-80(68,69)74-48-56(63)49-75-81(70,71)77-53-58(50-72-59(64)44-38-32-24-16-14-12-10-8-2)79-62(67)47-41-35-29-27-31-37-43-55(5)6/h17-20,54-58,63H,7-16,21-53H2,1-6H3,(H,68,69)(H,70,71)/b18-17-,20-19-/t56-,57-,58-/m1/s1. The van der Waals surface area contributed by atoms with Gasteiger partial charge in [-0.2, -0.15) is 0 Å². The molecular weight excluding hydrogens is 1080 g/mol. The van der Waals surface area contributed by atoms with Crippen LogP contribution in [0.5, 0.6) is 0 Å². The molecule has 17 nitrogen and oxygen atoms in total. The Morgan fingerprint density at radius 3 is 1.01 bits per heavy atom. The molecule has 0 spiro atoms. The fraction of sp³-hybridized carbons (Fsp3) is 0.871. The fourth-order valence-electron chi connectivity index (χ4n) is 8.64. The van der Waals surface area contributed by atoms with E-state index in [-0.39, 0.29) is 25.7 Å². The monoisotopic (exact) mass is 1190 g/mol. The molecule has 2 unspecified atom stereocenters. The molecule has 0 fully saturated rings. The summed E-state index contributed by atoms with van der Waals surface area (Å²) >= 11 is 0. The molecule has 0 heterocycles. The predicted octanol–water partition coefficient (Wildman–Crippen LogP) is 16.4. The first-order valence-electron chi connectivity index (χ1n) is 31.8. The summed E-state index contributed by atoms with van der Waals surface area (Å²) in [6, 6.07) is 0. The van der Waals surface area contributed by atoms with Gasteiger partial charge in [0.05, 0.1) is 26.4 Å². The molecule has 81 heavy (non-hydrogen) atoms. The number of aliphatic hydroxyl groups is 1. The lowest BCUT2D eigenvalue weighted by atomic mass is 10.0. The Balaban J connectivity index is 5.25. The normalized spacial score (nSPS) is 14.6. The average Bonchev–Trinajstić information content (AvgIpc) is 3.42. The van der Waals surface area contributed by atoms with Crippen LogP contribution in [0.4, 0.5) is 0 Å². The van der Waals surface area contributed by atoms with Crippen LogP contribution in [0.2, 0.25) is 0 Å². The average molecular weight is 1200 g/mol. The van der Waals surface area contributed by atoms with E-state index in [2.05, 4.69) is 65.8 Å². The van der Waals surface area contributed by atoms with E-state index in [1.807, 2.05) is 0 Å². The summed E-state index contributed by atoms with van der Waals surface area (Å²) in [6.07, 6.45) is 38.8. The summed E-state index contributed by atoms with van der Waals surface area (Å²) in [5.74, 6) is -0.833. The van der Waals surface area contributed by atoms with Crippen molar-refractivity contribution in [1.29, 1.82) is 0 Å². The number of phosphoric acid groups is 2. The molecule has 0 aromatic carbocycles. The Kier molecular flexibility index (Phi) is 52.6. The second kappa shape index (κ2) is 54.2. The summed E-state index contributed by atoms with van der Waals surface area (Å²) in [6.45, 7) is 9.20. The van der Waals surface area contributed by atoms with Crippen LogP contribution in [-0.4, -0.2) is 96.7 Å². The van der Waals surface area contributed by atoms with Crippen LogP contribution in [0, 0.1) is 11.8 Å². The van der Waals surface area contributed by atoms with Gasteiger partial charge in [0.25, 0.3) is 0 Å². The minimum Gasteiger partial charge on any atom is -0.462 e. The number of hydrogen-bond donors (Lipinski definition) is 3. The number of carbonyl (C=O) groups is 4. The van der Waals surface area contributed by atoms with E-state index in [9.17, 15) is 43.2 Å². The minimum absolute atomic E-state index is 0.0834. The van der Waals surface area contributed by atoms with Gasteiger partial charge < -0.3 is 33.8 Å². The van der Waals surface area contributed by atoms with Crippen molar-refractivity contribution in [2.75, 3.05) is 39.6 Å². The van der Waals surface area contributed by atoms with Crippen LogP contribution < -0.4 is 0 Å². The van der Waals surface area contributed by atoms with Crippen molar-refractivity contribution in [3.63, 3.8) is 0 Å². The first-order valence-corrected chi connectivity index (χ1v) is 34.8. The maximum atomic E-state index is 12.9. The molecule has 0 rings (SSSR count). The van der Waals surface area contributed by atoms with Crippen molar-refractivity contribution >= 4 is 39.5 Å². The Morgan fingerprint density at radius 1 is 0.383 bits per heavy atom. The largest absolute Gasteiger partial charge is 0.472 e. The summed E-state index contributed by atoms with van der Waals surface area (Å²) in [4.78, 5) is 71.9. The van der Waals surface area contributed by atoms with Crippen molar-refractivity contribution in [2.45, 2.75) is 297 Å². The van der Waals surface area contributed by atoms with E-state index in [4.69, 9.17) is 37.0 Å².